The van der Waals surface area contributed by atoms with Crippen LogP contribution >= 0.6 is 0 Å². The molecule has 0 saturated heterocycles. The van der Waals surface area contributed by atoms with E-state index < -0.39 is 0 Å². The number of rotatable bonds is 6. The molecule has 2 N–H and O–H groups in total. The molecule has 1 aromatic carbocycles. The molecule has 0 radical (unpaired) electrons. The second-order valence-corrected chi connectivity index (χ2v) is 3.72. The topological polar surface area (TPSA) is 58.6 Å². The zero-order chi connectivity index (χ0) is 12.7. The van der Waals surface area contributed by atoms with Crippen molar-refractivity contribution in [2.24, 2.45) is 0 Å². The molecule has 94 valence electrons. The van der Waals surface area contributed by atoms with E-state index in [1.165, 1.54) is 24.3 Å². The highest BCUT2D eigenvalue weighted by Gasteiger charge is 2.07. The van der Waals surface area contributed by atoms with Crippen molar-refractivity contribution < 1.29 is 19.0 Å². The number of carbonyl (C=O) groups excluding carboxylic acids is 1. The fourth-order valence-corrected chi connectivity index (χ4v) is 1.26. The monoisotopic (exact) mass is 241 g/mol. The number of hydrogen-bond donors (Lipinski definition) is 2. The molecular weight excluding hydrogens is 225 g/mol. The molecule has 0 aliphatic heterocycles. The van der Waals surface area contributed by atoms with E-state index in [0.717, 1.165) is 0 Å². The largest absolute Gasteiger partial charge is 0.484 e. The second-order valence-electron chi connectivity index (χ2n) is 3.72. The van der Waals surface area contributed by atoms with Gasteiger partial charge in [-0.05, 0) is 37.6 Å². The normalized spacial score (nSPS) is 11.9. The second kappa shape index (κ2) is 6.85. The van der Waals surface area contributed by atoms with Crippen LogP contribution in [0.1, 0.15) is 13.3 Å². The highest BCUT2D eigenvalue weighted by molar-refractivity contribution is 5.77. The first-order valence-electron chi connectivity index (χ1n) is 5.40. The molecule has 5 heteroatoms. The van der Waals surface area contributed by atoms with Gasteiger partial charge in [0.05, 0.1) is 0 Å². The lowest BCUT2D eigenvalue weighted by Gasteiger charge is -2.12. The van der Waals surface area contributed by atoms with Crippen LogP contribution in [0.2, 0.25) is 0 Å². The van der Waals surface area contributed by atoms with Gasteiger partial charge < -0.3 is 15.2 Å². The van der Waals surface area contributed by atoms with Crippen molar-refractivity contribution >= 4 is 5.91 Å². The number of aliphatic hydroxyl groups excluding tert-OH is 1. The number of hydrogen-bond acceptors (Lipinski definition) is 3. The lowest BCUT2D eigenvalue weighted by atomic mass is 10.2. The molecule has 1 rings (SSSR count). The minimum absolute atomic E-state index is 0.0280. The molecule has 0 spiro atoms. The molecule has 0 bridgehead atoms. The van der Waals surface area contributed by atoms with Crippen LogP contribution in [0.5, 0.6) is 5.75 Å². The Morgan fingerprint density at radius 3 is 2.71 bits per heavy atom. The number of carbonyl (C=O) groups is 1. The molecule has 0 saturated carbocycles. The van der Waals surface area contributed by atoms with Gasteiger partial charge in [0.15, 0.2) is 6.61 Å². The van der Waals surface area contributed by atoms with Gasteiger partial charge in [0, 0.05) is 12.6 Å². The van der Waals surface area contributed by atoms with Crippen molar-refractivity contribution in [2.75, 3.05) is 13.2 Å². The van der Waals surface area contributed by atoms with Crippen LogP contribution in [-0.4, -0.2) is 30.3 Å². The van der Waals surface area contributed by atoms with E-state index in [1.807, 2.05) is 0 Å². The Bertz CT molecular complexity index is 353. The average Bonchev–Trinajstić information content (AvgIpc) is 2.28. The summed E-state index contributed by atoms with van der Waals surface area (Å²) >= 11 is 0. The smallest absolute Gasteiger partial charge is 0.258 e. The minimum Gasteiger partial charge on any atom is -0.484 e. The van der Waals surface area contributed by atoms with Crippen molar-refractivity contribution in [3.63, 3.8) is 0 Å². The zero-order valence-electron chi connectivity index (χ0n) is 9.65. The Balaban J connectivity index is 2.30. The molecule has 4 nitrogen and oxygen atoms in total. The van der Waals surface area contributed by atoms with E-state index in [2.05, 4.69) is 5.32 Å². The molecule has 1 amide bonds. The number of aliphatic hydroxyl groups is 1. The van der Waals surface area contributed by atoms with E-state index in [0.29, 0.717) is 12.2 Å². The molecular formula is C12H16FNO3. The third-order valence-corrected chi connectivity index (χ3v) is 2.15. The summed E-state index contributed by atoms with van der Waals surface area (Å²) < 4.78 is 17.7. The maximum absolute atomic E-state index is 12.6. The highest BCUT2D eigenvalue weighted by Crippen LogP contribution is 2.10. The summed E-state index contributed by atoms with van der Waals surface area (Å²) in [4.78, 5) is 11.4. The summed E-state index contributed by atoms with van der Waals surface area (Å²) in [6.45, 7) is 1.70. The molecule has 0 fully saturated rings. The Kier molecular flexibility index (Phi) is 5.42. The van der Waals surface area contributed by atoms with E-state index in [1.54, 1.807) is 6.92 Å². The van der Waals surface area contributed by atoms with Gasteiger partial charge in [-0.25, -0.2) is 4.39 Å². The minimum atomic E-state index is -0.349. The van der Waals surface area contributed by atoms with Gasteiger partial charge in [0.2, 0.25) is 0 Å². The van der Waals surface area contributed by atoms with Gasteiger partial charge in [0.1, 0.15) is 11.6 Å². The molecule has 0 aromatic heterocycles. The van der Waals surface area contributed by atoms with Crippen LogP contribution in [-0.2, 0) is 4.79 Å². The van der Waals surface area contributed by atoms with E-state index >= 15 is 0 Å². The summed E-state index contributed by atoms with van der Waals surface area (Å²) in [5.41, 5.74) is 0. The Labute approximate surface area is 99.4 Å². The number of nitrogens with one attached hydrogen (secondary N) is 1. The molecule has 17 heavy (non-hydrogen) atoms. The van der Waals surface area contributed by atoms with Gasteiger partial charge in [0.25, 0.3) is 5.91 Å². The summed E-state index contributed by atoms with van der Waals surface area (Å²) in [5, 5.41) is 11.3. The standard InChI is InChI=1S/C12H16FNO3/c1-9(6-7-15)14-12(16)8-17-11-4-2-10(13)3-5-11/h2-5,9,15H,6-8H2,1H3,(H,14,16). The zero-order valence-corrected chi connectivity index (χ0v) is 9.65. The summed E-state index contributed by atoms with van der Waals surface area (Å²) in [6, 6.07) is 5.35. The first-order chi connectivity index (χ1) is 8.11. The fraction of sp³-hybridized carbons (Fsp3) is 0.417. The molecule has 1 unspecified atom stereocenters. The van der Waals surface area contributed by atoms with E-state index in [-0.39, 0.29) is 31.0 Å². The van der Waals surface area contributed by atoms with Crippen molar-refractivity contribution in [3.05, 3.63) is 30.1 Å². The van der Waals surface area contributed by atoms with Crippen molar-refractivity contribution in [2.45, 2.75) is 19.4 Å². The van der Waals surface area contributed by atoms with Crippen LogP contribution in [0.25, 0.3) is 0 Å². The SMILES string of the molecule is CC(CCO)NC(=O)COc1ccc(F)cc1. The van der Waals surface area contributed by atoms with Crippen LogP contribution in [0.4, 0.5) is 4.39 Å². The third kappa shape index (κ3) is 5.31. The molecule has 0 aliphatic rings. The number of halogens is 1. The van der Waals surface area contributed by atoms with Gasteiger partial charge >= 0.3 is 0 Å². The van der Waals surface area contributed by atoms with Crippen molar-refractivity contribution in [3.8, 4) is 5.75 Å². The van der Waals surface area contributed by atoms with Gasteiger partial charge in [-0.2, -0.15) is 0 Å². The van der Waals surface area contributed by atoms with Crippen LogP contribution < -0.4 is 10.1 Å². The Hall–Kier alpha value is -1.62. The Morgan fingerprint density at radius 1 is 1.47 bits per heavy atom. The lowest BCUT2D eigenvalue weighted by molar-refractivity contribution is -0.123. The number of amides is 1. The molecule has 1 atom stereocenters. The van der Waals surface area contributed by atoms with Crippen molar-refractivity contribution in [1.82, 2.24) is 5.32 Å². The molecule has 1 aromatic rings. The van der Waals surface area contributed by atoms with E-state index in [4.69, 9.17) is 9.84 Å². The summed E-state index contributed by atoms with van der Waals surface area (Å²) in [7, 11) is 0. The average molecular weight is 241 g/mol. The fourth-order valence-electron chi connectivity index (χ4n) is 1.26. The predicted molar refractivity (Wildman–Crippen MR) is 61.2 cm³/mol. The first-order valence-corrected chi connectivity index (χ1v) is 5.40. The molecule has 0 aliphatic carbocycles. The number of ether oxygens (including phenoxy) is 1. The Morgan fingerprint density at radius 2 is 2.12 bits per heavy atom. The van der Waals surface area contributed by atoms with Crippen LogP contribution in [0.3, 0.4) is 0 Å². The van der Waals surface area contributed by atoms with Gasteiger partial charge in [-0.1, -0.05) is 0 Å². The number of benzene rings is 1. The van der Waals surface area contributed by atoms with Crippen molar-refractivity contribution in [1.29, 1.82) is 0 Å². The van der Waals surface area contributed by atoms with E-state index in [9.17, 15) is 9.18 Å². The predicted octanol–water partition coefficient (Wildman–Crippen LogP) is 1.09. The molecule has 0 heterocycles. The maximum atomic E-state index is 12.6. The van der Waals surface area contributed by atoms with Gasteiger partial charge in [-0.15, -0.1) is 0 Å². The highest BCUT2D eigenvalue weighted by atomic mass is 19.1. The van der Waals surface area contributed by atoms with Crippen LogP contribution in [0, 0.1) is 5.82 Å². The quantitative estimate of drug-likeness (QED) is 0.784. The maximum Gasteiger partial charge on any atom is 0.258 e. The van der Waals surface area contributed by atoms with Crippen LogP contribution in [0.15, 0.2) is 24.3 Å². The van der Waals surface area contributed by atoms with Gasteiger partial charge in [-0.3, -0.25) is 4.79 Å². The summed E-state index contributed by atoms with van der Waals surface area (Å²) in [5.74, 6) is -0.176. The lowest BCUT2D eigenvalue weighted by Crippen LogP contribution is -2.36. The first kappa shape index (κ1) is 13.4. The summed E-state index contributed by atoms with van der Waals surface area (Å²) in [6.07, 6.45) is 0.502. The third-order valence-electron chi connectivity index (χ3n) is 2.15.